The molecule has 36 heavy (non-hydrogen) atoms. The zero-order chi connectivity index (χ0) is 25.5. The van der Waals surface area contributed by atoms with Crippen LogP contribution in [0.25, 0.3) is 0 Å². The maximum Gasteiger partial charge on any atom is 0.157 e. The maximum absolute atomic E-state index is 15.9. The van der Waals surface area contributed by atoms with E-state index in [9.17, 15) is 10.5 Å². The number of hydrogen-bond acceptors (Lipinski definition) is 7. The molecule has 8 heteroatoms. The number of methoxy groups -OCH3 is 2. The highest BCUT2D eigenvalue weighted by molar-refractivity contribution is 8.02. The van der Waals surface area contributed by atoms with Gasteiger partial charge in [0.1, 0.15) is 29.2 Å². The number of benzene rings is 4. The van der Waals surface area contributed by atoms with Crippen molar-refractivity contribution in [1.82, 2.24) is 0 Å². The second kappa shape index (κ2) is 11.5. The van der Waals surface area contributed by atoms with Crippen molar-refractivity contribution in [1.29, 1.82) is 10.5 Å². The minimum absolute atomic E-state index is 0.0473. The average Bonchev–Trinajstić information content (AvgIpc) is 2.93. The van der Waals surface area contributed by atoms with Crippen molar-refractivity contribution in [3.63, 3.8) is 0 Å². The van der Waals surface area contributed by atoms with Gasteiger partial charge in [-0.3, -0.25) is 0 Å². The smallest absolute Gasteiger partial charge is 0.157 e. The van der Waals surface area contributed by atoms with E-state index in [1.54, 1.807) is 26.4 Å². The second-order valence-corrected chi connectivity index (χ2v) is 9.53. The number of nitrogens with zero attached hydrogens (tertiary/aromatic N) is 2. The Kier molecular flexibility index (Phi) is 8.02. The molecule has 178 valence electrons. The minimum atomic E-state index is -0.732. The molecule has 0 unspecified atom stereocenters. The summed E-state index contributed by atoms with van der Waals surface area (Å²) in [4.78, 5) is 2.31. The Hall–Kier alpha value is -4.11. The van der Waals surface area contributed by atoms with E-state index in [0.717, 1.165) is 9.79 Å². The molecule has 0 spiro atoms. The van der Waals surface area contributed by atoms with Crippen molar-refractivity contribution in [2.24, 2.45) is 0 Å². The average molecular weight is 514 g/mol. The summed E-state index contributed by atoms with van der Waals surface area (Å²) in [7, 11) is 3.16. The van der Waals surface area contributed by atoms with Crippen molar-refractivity contribution in [3.05, 3.63) is 95.8 Å². The van der Waals surface area contributed by atoms with E-state index in [0.29, 0.717) is 27.8 Å². The number of nitriles is 2. The molecule has 0 heterocycles. The molecule has 1 N–H and O–H groups in total. The van der Waals surface area contributed by atoms with Gasteiger partial charge in [0.15, 0.2) is 5.82 Å². The fourth-order valence-corrected chi connectivity index (χ4v) is 5.48. The lowest BCUT2D eigenvalue weighted by Gasteiger charge is -2.19. The molecule has 4 aromatic carbocycles. The molecule has 0 bridgehead atoms. The van der Waals surface area contributed by atoms with Gasteiger partial charge in [-0.1, -0.05) is 41.7 Å². The van der Waals surface area contributed by atoms with E-state index in [4.69, 9.17) is 9.47 Å². The van der Waals surface area contributed by atoms with Gasteiger partial charge in [-0.05, 0) is 60.7 Å². The van der Waals surface area contributed by atoms with Crippen LogP contribution in [0, 0.1) is 28.5 Å². The van der Waals surface area contributed by atoms with Gasteiger partial charge in [0, 0.05) is 15.5 Å². The van der Waals surface area contributed by atoms with Crippen LogP contribution >= 0.6 is 23.5 Å². The highest BCUT2D eigenvalue weighted by atomic mass is 32.2. The summed E-state index contributed by atoms with van der Waals surface area (Å²) in [5.41, 5.74) is 0.736. The van der Waals surface area contributed by atoms with Gasteiger partial charge in [-0.15, -0.1) is 0 Å². The lowest BCUT2D eigenvalue weighted by molar-refractivity contribution is 0.414. The van der Waals surface area contributed by atoms with Crippen molar-refractivity contribution in [3.8, 4) is 23.6 Å². The minimum Gasteiger partial charge on any atom is -0.497 e. The van der Waals surface area contributed by atoms with Crippen molar-refractivity contribution in [2.75, 3.05) is 19.5 Å². The molecule has 0 aliphatic carbocycles. The Morgan fingerprint density at radius 3 is 1.67 bits per heavy atom. The summed E-state index contributed by atoms with van der Waals surface area (Å²) in [6.45, 7) is 0. The molecule has 0 radical (unpaired) electrons. The third kappa shape index (κ3) is 5.41. The van der Waals surface area contributed by atoms with Crippen LogP contribution in [0.2, 0.25) is 0 Å². The van der Waals surface area contributed by atoms with Crippen molar-refractivity contribution in [2.45, 2.75) is 19.6 Å². The van der Waals surface area contributed by atoms with Crippen LogP contribution in [0.4, 0.5) is 15.8 Å². The first kappa shape index (κ1) is 25.0. The van der Waals surface area contributed by atoms with Crippen LogP contribution in [-0.4, -0.2) is 14.2 Å². The monoisotopic (exact) mass is 513 g/mol. The van der Waals surface area contributed by atoms with E-state index in [1.165, 1.54) is 23.5 Å². The zero-order valence-electron chi connectivity index (χ0n) is 19.4. The lowest BCUT2D eigenvalue weighted by Crippen LogP contribution is -2.04. The maximum atomic E-state index is 15.9. The predicted molar refractivity (Wildman–Crippen MR) is 140 cm³/mol. The Balaban J connectivity index is 1.92. The molecule has 0 amide bonds. The fourth-order valence-electron chi connectivity index (χ4n) is 3.39. The van der Waals surface area contributed by atoms with Gasteiger partial charge in [-0.25, -0.2) is 4.39 Å². The Labute approximate surface area is 217 Å². The number of ether oxygens (including phenoxy) is 2. The molecule has 0 fully saturated rings. The molecule has 0 aromatic heterocycles. The third-order valence-electron chi connectivity index (χ3n) is 5.18. The quantitative estimate of drug-likeness (QED) is 0.259. The normalized spacial score (nSPS) is 10.2. The molecule has 4 aromatic rings. The summed E-state index contributed by atoms with van der Waals surface area (Å²) < 4.78 is 26.4. The van der Waals surface area contributed by atoms with Gasteiger partial charge < -0.3 is 14.8 Å². The van der Waals surface area contributed by atoms with E-state index in [1.807, 2.05) is 78.9 Å². The molecule has 5 nitrogen and oxygen atoms in total. The summed E-state index contributed by atoms with van der Waals surface area (Å²) in [5, 5.41) is 23.0. The molecular weight excluding hydrogens is 493 g/mol. The molecule has 0 aliphatic heterocycles. The topological polar surface area (TPSA) is 78.1 Å². The first-order valence-electron chi connectivity index (χ1n) is 10.7. The van der Waals surface area contributed by atoms with E-state index in [2.05, 4.69) is 5.32 Å². The zero-order valence-corrected chi connectivity index (χ0v) is 21.0. The van der Waals surface area contributed by atoms with Crippen LogP contribution in [0.5, 0.6) is 11.5 Å². The first-order valence-corrected chi connectivity index (χ1v) is 12.4. The number of nitrogens with one attached hydrogen (secondary N) is 1. The third-order valence-corrected chi connectivity index (χ3v) is 7.52. The number of para-hydroxylation sites is 1. The fraction of sp³-hybridized carbons (Fsp3) is 0.0714. The van der Waals surface area contributed by atoms with Gasteiger partial charge in [-0.2, -0.15) is 10.5 Å². The van der Waals surface area contributed by atoms with E-state index < -0.39 is 5.82 Å². The Morgan fingerprint density at radius 2 is 1.19 bits per heavy atom. The Morgan fingerprint density at radius 1 is 0.694 bits per heavy atom. The van der Waals surface area contributed by atoms with Crippen LogP contribution in [0.3, 0.4) is 0 Å². The Bertz CT molecular complexity index is 1450. The standard InChI is InChI=1S/C28H20FN3O2S2/c1-33-19-8-12-21(13-9-19)35-27-25(29)23(16-30)24(17-31)26(32-18-6-4-3-5-7-18)28(27)36-22-14-10-20(34-2)11-15-22/h3-15,32H,1-2H3. The number of hydrogen-bond donors (Lipinski definition) is 1. The molecule has 0 saturated heterocycles. The van der Waals surface area contributed by atoms with Crippen LogP contribution < -0.4 is 14.8 Å². The van der Waals surface area contributed by atoms with E-state index >= 15 is 4.39 Å². The van der Waals surface area contributed by atoms with Gasteiger partial charge in [0.25, 0.3) is 0 Å². The van der Waals surface area contributed by atoms with Gasteiger partial charge in [0.2, 0.25) is 0 Å². The molecule has 0 saturated carbocycles. The molecule has 0 atom stereocenters. The van der Waals surface area contributed by atoms with E-state index in [-0.39, 0.29) is 16.0 Å². The summed E-state index contributed by atoms with van der Waals surface area (Å²) in [6.07, 6.45) is 0. The highest BCUT2D eigenvalue weighted by Crippen LogP contribution is 2.48. The number of anilines is 2. The summed E-state index contributed by atoms with van der Waals surface area (Å²) >= 11 is 2.49. The SMILES string of the molecule is COc1ccc(Sc2c(F)c(C#N)c(C#N)c(Nc3ccccc3)c2Sc2ccc(OC)cc2)cc1. The first-order chi connectivity index (χ1) is 17.6. The van der Waals surface area contributed by atoms with Crippen molar-refractivity contribution >= 4 is 34.9 Å². The largest absolute Gasteiger partial charge is 0.497 e. The second-order valence-electron chi connectivity index (χ2n) is 7.37. The highest BCUT2D eigenvalue weighted by Gasteiger charge is 2.26. The molecular formula is C28H20FN3O2S2. The summed E-state index contributed by atoms with van der Waals surface area (Å²) in [6, 6.07) is 27.8. The lowest BCUT2D eigenvalue weighted by atomic mass is 10.1. The number of halogens is 1. The van der Waals surface area contributed by atoms with Gasteiger partial charge in [0.05, 0.1) is 35.3 Å². The van der Waals surface area contributed by atoms with Crippen LogP contribution in [-0.2, 0) is 0 Å². The molecule has 0 aliphatic rings. The van der Waals surface area contributed by atoms with Crippen LogP contribution in [0.1, 0.15) is 11.1 Å². The predicted octanol–water partition coefficient (Wildman–Crippen LogP) is 7.63. The van der Waals surface area contributed by atoms with Crippen LogP contribution in [0.15, 0.2) is 98.4 Å². The van der Waals surface area contributed by atoms with Gasteiger partial charge >= 0.3 is 0 Å². The van der Waals surface area contributed by atoms with Crippen molar-refractivity contribution < 1.29 is 13.9 Å². The number of rotatable bonds is 8. The summed E-state index contributed by atoms with van der Waals surface area (Å²) in [5.74, 6) is 0.639. The molecule has 4 rings (SSSR count).